The molecule has 0 bridgehead atoms. The number of hydrazine groups is 1. The van der Waals surface area contributed by atoms with Gasteiger partial charge in [0.05, 0.1) is 29.0 Å². The maximum absolute atomic E-state index is 13.4. The number of hydrogen-bond acceptors (Lipinski definition) is 3. The zero-order valence-electron chi connectivity index (χ0n) is 16.3. The van der Waals surface area contributed by atoms with E-state index in [0.29, 0.717) is 17.9 Å². The molecule has 5 nitrogen and oxygen atoms in total. The molecule has 0 N–H and O–H groups in total. The van der Waals surface area contributed by atoms with E-state index in [9.17, 15) is 14.4 Å². The van der Waals surface area contributed by atoms with Crippen LogP contribution in [-0.4, -0.2) is 27.7 Å². The van der Waals surface area contributed by atoms with E-state index in [2.05, 4.69) is 0 Å². The molecular formula is C23H20Cl2N2O3. The Labute approximate surface area is 184 Å². The van der Waals surface area contributed by atoms with Crippen LogP contribution in [0.4, 0.5) is 0 Å². The minimum Gasteiger partial charge on any atom is -0.272 e. The molecule has 3 amide bonds. The van der Waals surface area contributed by atoms with Gasteiger partial charge in [0.2, 0.25) is 0 Å². The number of rotatable bonds is 4. The van der Waals surface area contributed by atoms with Crippen LogP contribution in [0.25, 0.3) is 0 Å². The highest BCUT2D eigenvalue weighted by molar-refractivity contribution is 6.34. The Morgan fingerprint density at radius 1 is 1.03 bits per heavy atom. The average molecular weight is 443 g/mol. The molecule has 0 radical (unpaired) electrons. The molecule has 0 unspecified atom stereocenters. The van der Waals surface area contributed by atoms with E-state index in [4.69, 9.17) is 23.2 Å². The summed E-state index contributed by atoms with van der Waals surface area (Å²) in [5.74, 6) is -2.06. The predicted molar refractivity (Wildman–Crippen MR) is 115 cm³/mol. The third kappa shape index (κ3) is 3.75. The van der Waals surface area contributed by atoms with E-state index in [1.165, 1.54) is 5.01 Å². The van der Waals surface area contributed by atoms with Crippen LogP contribution < -0.4 is 0 Å². The predicted octanol–water partition coefficient (Wildman–Crippen LogP) is 4.89. The van der Waals surface area contributed by atoms with Gasteiger partial charge in [-0.15, -0.1) is 0 Å². The van der Waals surface area contributed by atoms with Crippen molar-refractivity contribution in [2.24, 2.45) is 11.8 Å². The second-order valence-corrected chi connectivity index (χ2v) is 8.50. The SMILES string of the molecule is CC1=CC[C@@H]2C(=O)N(N(Cc3ccc(Cl)cc3)C(=O)c3ccccc3Cl)C(=O)[C@@H]2C1. The van der Waals surface area contributed by atoms with Gasteiger partial charge in [0.25, 0.3) is 17.7 Å². The van der Waals surface area contributed by atoms with Gasteiger partial charge in [-0.25, -0.2) is 5.01 Å². The zero-order chi connectivity index (χ0) is 21.4. The van der Waals surface area contributed by atoms with Crippen LogP contribution in [-0.2, 0) is 16.1 Å². The fourth-order valence-corrected chi connectivity index (χ4v) is 4.37. The molecule has 7 heteroatoms. The minimum atomic E-state index is -0.499. The quantitative estimate of drug-likeness (QED) is 0.500. The molecule has 0 saturated carbocycles. The van der Waals surface area contributed by atoms with Crippen molar-refractivity contribution in [3.05, 3.63) is 81.4 Å². The van der Waals surface area contributed by atoms with E-state index in [0.717, 1.165) is 16.1 Å². The summed E-state index contributed by atoms with van der Waals surface area (Å²) in [5.41, 5.74) is 2.06. The van der Waals surface area contributed by atoms with Crippen molar-refractivity contribution in [2.45, 2.75) is 26.3 Å². The van der Waals surface area contributed by atoms with Crippen LogP contribution in [0, 0.1) is 11.8 Å². The molecule has 0 aromatic heterocycles. The third-order valence-corrected chi connectivity index (χ3v) is 6.21. The van der Waals surface area contributed by atoms with Crippen molar-refractivity contribution in [3.63, 3.8) is 0 Å². The number of halogens is 2. The van der Waals surface area contributed by atoms with Gasteiger partial charge in [0.15, 0.2) is 0 Å². The number of carbonyl (C=O) groups is 3. The van der Waals surface area contributed by atoms with Gasteiger partial charge in [-0.3, -0.25) is 14.4 Å². The summed E-state index contributed by atoms with van der Waals surface area (Å²) in [6.45, 7) is 2.00. The average Bonchev–Trinajstić information content (AvgIpc) is 2.97. The lowest BCUT2D eigenvalue weighted by Gasteiger charge is -2.31. The summed E-state index contributed by atoms with van der Waals surface area (Å²) in [6, 6.07) is 13.5. The standard InChI is InChI=1S/C23H20Cl2N2O3/c1-14-6-11-17-19(12-14)23(30)27(22(17)29)26(13-15-7-9-16(24)10-8-15)21(28)18-4-2-3-5-20(18)25/h2-10,17,19H,11-13H2,1H3/t17-,19+/m0/s1. The van der Waals surface area contributed by atoms with Crippen LogP contribution in [0.15, 0.2) is 60.2 Å². The number of allylic oxidation sites excluding steroid dienone is 2. The highest BCUT2D eigenvalue weighted by Gasteiger charge is 2.51. The fraction of sp³-hybridized carbons (Fsp3) is 0.261. The van der Waals surface area contributed by atoms with Crippen LogP contribution in [0.2, 0.25) is 10.0 Å². The fourth-order valence-electron chi connectivity index (χ4n) is 4.03. The number of hydrogen-bond donors (Lipinski definition) is 0. The molecule has 2 aromatic carbocycles. The first-order valence-corrected chi connectivity index (χ1v) is 10.5. The van der Waals surface area contributed by atoms with Gasteiger partial charge in [0.1, 0.15) is 0 Å². The van der Waals surface area contributed by atoms with Gasteiger partial charge >= 0.3 is 0 Å². The lowest BCUT2D eigenvalue weighted by molar-refractivity contribution is -0.155. The number of amides is 3. The maximum Gasteiger partial charge on any atom is 0.274 e. The summed E-state index contributed by atoms with van der Waals surface area (Å²) >= 11 is 12.2. The van der Waals surface area contributed by atoms with Crippen LogP contribution >= 0.6 is 23.2 Å². The largest absolute Gasteiger partial charge is 0.274 e. The maximum atomic E-state index is 13.4. The van der Waals surface area contributed by atoms with Crippen molar-refractivity contribution >= 4 is 40.9 Å². The van der Waals surface area contributed by atoms with Gasteiger partial charge < -0.3 is 0 Å². The Kier molecular flexibility index (Phi) is 5.67. The topological polar surface area (TPSA) is 57.7 Å². The van der Waals surface area contributed by atoms with Crippen LogP contribution in [0.1, 0.15) is 35.7 Å². The second kappa shape index (κ2) is 8.25. The van der Waals surface area contributed by atoms with Gasteiger partial charge in [0, 0.05) is 5.02 Å². The van der Waals surface area contributed by atoms with E-state index in [-0.39, 0.29) is 28.9 Å². The lowest BCUT2D eigenvalue weighted by atomic mass is 9.82. The van der Waals surface area contributed by atoms with E-state index in [1.807, 2.05) is 13.0 Å². The molecular weight excluding hydrogens is 423 g/mol. The minimum absolute atomic E-state index is 0.0462. The van der Waals surface area contributed by atoms with Crippen LogP contribution in [0.5, 0.6) is 0 Å². The molecule has 1 saturated heterocycles. The van der Waals surface area contributed by atoms with Crippen LogP contribution in [0.3, 0.4) is 0 Å². The summed E-state index contributed by atoms with van der Waals surface area (Å²) in [5, 5.41) is 3.06. The molecule has 30 heavy (non-hydrogen) atoms. The van der Waals surface area contributed by atoms with Crippen molar-refractivity contribution in [1.29, 1.82) is 0 Å². The monoisotopic (exact) mass is 442 g/mol. The Hall–Kier alpha value is -2.63. The van der Waals surface area contributed by atoms with Crippen molar-refractivity contribution in [1.82, 2.24) is 10.0 Å². The first-order valence-electron chi connectivity index (χ1n) is 9.71. The van der Waals surface area contributed by atoms with Crippen molar-refractivity contribution in [2.75, 3.05) is 0 Å². The number of benzene rings is 2. The highest BCUT2D eigenvalue weighted by Crippen LogP contribution is 2.39. The second-order valence-electron chi connectivity index (χ2n) is 7.66. The summed E-state index contributed by atoms with van der Waals surface area (Å²) < 4.78 is 0. The van der Waals surface area contributed by atoms with Gasteiger partial charge in [-0.2, -0.15) is 5.01 Å². The Morgan fingerprint density at radius 3 is 2.40 bits per heavy atom. The number of carbonyl (C=O) groups excluding carboxylic acids is 3. The molecule has 1 aliphatic carbocycles. The summed E-state index contributed by atoms with van der Waals surface area (Å²) in [7, 11) is 0. The van der Waals surface area contributed by atoms with E-state index in [1.54, 1.807) is 48.5 Å². The normalized spacial score (nSPS) is 20.8. The molecule has 0 spiro atoms. The van der Waals surface area contributed by atoms with Gasteiger partial charge in [-0.1, -0.05) is 59.1 Å². The Balaban J connectivity index is 1.72. The molecule has 1 fully saturated rings. The molecule has 1 heterocycles. The molecule has 2 atom stereocenters. The number of imide groups is 1. The van der Waals surface area contributed by atoms with Crippen molar-refractivity contribution < 1.29 is 14.4 Å². The molecule has 2 aliphatic rings. The first-order chi connectivity index (χ1) is 14.4. The summed E-state index contributed by atoms with van der Waals surface area (Å²) in [4.78, 5) is 39.9. The lowest BCUT2D eigenvalue weighted by Crippen LogP contribution is -2.49. The van der Waals surface area contributed by atoms with Crippen molar-refractivity contribution in [3.8, 4) is 0 Å². The Morgan fingerprint density at radius 2 is 1.70 bits per heavy atom. The number of nitrogens with zero attached hydrogens (tertiary/aromatic N) is 2. The molecule has 154 valence electrons. The molecule has 1 aliphatic heterocycles. The van der Waals surface area contributed by atoms with E-state index < -0.39 is 17.7 Å². The zero-order valence-corrected chi connectivity index (χ0v) is 17.9. The smallest absolute Gasteiger partial charge is 0.272 e. The van der Waals surface area contributed by atoms with E-state index >= 15 is 0 Å². The Bertz CT molecular complexity index is 1050. The molecule has 2 aromatic rings. The molecule has 4 rings (SSSR count). The first kappa shape index (κ1) is 20.6. The highest BCUT2D eigenvalue weighted by atomic mass is 35.5. The third-order valence-electron chi connectivity index (χ3n) is 5.63. The van der Waals surface area contributed by atoms with Gasteiger partial charge in [-0.05, 0) is 49.6 Å². The summed E-state index contributed by atoms with van der Waals surface area (Å²) in [6.07, 6.45) is 3.03. The number of fused-ring (bicyclic) bond motifs is 1.